The van der Waals surface area contributed by atoms with Crippen LogP contribution in [-0.2, 0) is 6.42 Å². The van der Waals surface area contributed by atoms with Gasteiger partial charge in [-0.25, -0.2) is 5.32 Å². The number of nitrogens with zero attached hydrogens (tertiary/aromatic N) is 3. The molecule has 1 atom stereocenters. The highest BCUT2D eigenvalue weighted by Gasteiger charge is 2.33. The summed E-state index contributed by atoms with van der Waals surface area (Å²) in [5, 5.41) is 15.6. The Morgan fingerprint density at radius 3 is 3.09 bits per heavy atom. The predicted molar refractivity (Wildman–Crippen MR) is 84.4 cm³/mol. The molecule has 1 aromatic carbocycles. The van der Waals surface area contributed by atoms with Crippen molar-refractivity contribution in [1.29, 1.82) is 0 Å². The fraction of sp³-hybridized carbons (Fsp3) is 0.357. The third-order valence-electron chi connectivity index (χ3n) is 3.75. The lowest BCUT2D eigenvalue weighted by Crippen LogP contribution is -2.44. The molecule has 0 unspecified atom stereocenters. The van der Waals surface area contributed by atoms with Gasteiger partial charge >= 0.3 is 0 Å². The standard InChI is InChI=1S/C14H15N4O3S/c15-4-3-11-7-16-14(22)17(11)12-6-9-5-10(18(19)20)1-2-13(9)21-8-12/h1-2,5,7,12H,3-4,6,8,15H2/t12-/m1/s1. The molecule has 2 heterocycles. The second-order valence-corrected chi connectivity index (χ2v) is 5.52. The van der Waals surface area contributed by atoms with Crippen LogP contribution in [0.25, 0.3) is 0 Å². The molecular weight excluding hydrogens is 304 g/mol. The third-order valence-corrected chi connectivity index (χ3v) is 4.05. The van der Waals surface area contributed by atoms with Crippen LogP contribution >= 0.6 is 12.2 Å². The lowest BCUT2D eigenvalue weighted by atomic mass is 10.0. The number of hydrogen-bond acceptors (Lipinski definition) is 5. The fourth-order valence-corrected chi connectivity index (χ4v) is 3.06. The molecule has 0 saturated carbocycles. The van der Waals surface area contributed by atoms with E-state index in [1.54, 1.807) is 18.3 Å². The summed E-state index contributed by atoms with van der Waals surface area (Å²) in [5.41, 5.74) is 7.46. The number of fused-ring (bicyclic) bond motifs is 1. The maximum absolute atomic E-state index is 10.9. The minimum atomic E-state index is -0.403. The Morgan fingerprint density at radius 2 is 2.36 bits per heavy atom. The van der Waals surface area contributed by atoms with Gasteiger partial charge in [0.15, 0.2) is 5.11 Å². The Morgan fingerprint density at radius 1 is 1.55 bits per heavy atom. The Balaban J connectivity index is 1.84. The van der Waals surface area contributed by atoms with Gasteiger partial charge in [0, 0.05) is 42.4 Å². The Labute approximate surface area is 132 Å². The molecule has 0 amide bonds. The number of hydrogen-bond donors (Lipinski definition) is 1. The predicted octanol–water partition coefficient (Wildman–Crippen LogP) is 1.29. The number of thiocarbonyl (C=S) groups is 1. The zero-order valence-corrected chi connectivity index (χ0v) is 12.6. The van der Waals surface area contributed by atoms with E-state index >= 15 is 0 Å². The summed E-state index contributed by atoms with van der Waals surface area (Å²) in [4.78, 5) is 12.5. The van der Waals surface area contributed by atoms with Gasteiger partial charge in [0.25, 0.3) is 5.69 Å². The van der Waals surface area contributed by atoms with Crippen molar-refractivity contribution in [2.24, 2.45) is 5.73 Å². The number of nitro benzene ring substituents is 1. The maximum atomic E-state index is 10.9. The molecule has 8 heteroatoms. The highest BCUT2D eigenvalue weighted by atomic mass is 32.1. The molecule has 7 nitrogen and oxygen atoms in total. The highest BCUT2D eigenvalue weighted by molar-refractivity contribution is 7.80. The largest absolute Gasteiger partial charge is 0.491 e. The first-order valence-corrected chi connectivity index (χ1v) is 7.34. The minimum absolute atomic E-state index is 0.0222. The van der Waals surface area contributed by atoms with Crippen molar-refractivity contribution >= 4 is 23.0 Å². The molecule has 0 saturated heterocycles. The first kappa shape index (κ1) is 14.7. The van der Waals surface area contributed by atoms with E-state index in [1.807, 2.05) is 4.90 Å². The molecule has 2 aliphatic heterocycles. The Bertz CT molecular complexity index is 661. The van der Waals surface area contributed by atoms with E-state index in [9.17, 15) is 10.1 Å². The van der Waals surface area contributed by atoms with Gasteiger partial charge in [-0.05, 0) is 24.8 Å². The van der Waals surface area contributed by atoms with E-state index in [-0.39, 0.29) is 11.7 Å². The topological polar surface area (TPSA) is 95.7 Å². The lowest BCUT2D eigenvalue weighted by Gasteiger charge is -2.34. The van der Waals surface area contributed by atoms with Crippen molar-refractivity contribution in [3.05, 3.63) is 45.8 Å². The molecule has 22 heavy (non-hydrogen) atoms. The van der Waals surface area contributed by atoms with Crippen LogP contribution in [0.1, 0.15) is 12.0 Å². The highest BCUT2D eigenvalue weighted by Crippen LogP contribution is 2.32. The molecule has 115 valence electrons. The van der Waals surface area contributed by atoms with Crippen molar-refractivity contribution in [3.8, 4) is 5.75 Å². The SMILES string of the molecule is NCCC1=C[N]C(=S)N1[C@H]1COc2ccc([N+](=O)[O-])cc2C1. The van der Waals surface area contributed by atoms with Crippen LogP contribution in [0, 0.1) is 10.1 Å². The molecule has 1 radical (unpaired) electrons. The molecular formula is C14H15N4O3S. The van der Waals surface area contributed by atoms with Crippen LogP contribution in [0.15, 0.2) is 30.1 Å². The lowest BCUT2D eigenvalue weighted by molar-refractivity contribution is -0.385. The monoisotopic (exact) mass is 319 g/mol. The molecule has 0 aliphatic carbocycles. The zero-order chi connectivity index (χ0) is 15.7. The maximum Gasteiger partial charge on any atom is 0.269 e. The molecule has 2 N–H and O–H groups in total. The molecule has 0 aromatic heterocycles. The van der Waals surface area contributed by atoms with Gasteiger partial charge in [-0.2, -0.15) is 0 Å². The molecule has 0 spiro atoms. The molecule has 0 fully saturated rings. The van der Waals surface area contributed by atoms with E-state index in [2.05, 4.69) is 5.32 Å². The van der Waals surface area contributed by atoms with Crippen LogP contribution in [0.3, 0.4) is 0 Å². The van der Waals surface area contributed by atoms with Gasteiger partial charge in [0.05, 0.1) is 11.0 Å². The zero-order valence-electron chi connectivity index (χ0n) is 11.8. The van der Waals surface area contributed by atoms with Crippen LogP contribution < -0.4 is 15.8 Å². The first-order valence-electron chi connectivity index (χ1n) is 6.93. The van der Waals surface area contributed by atoms with Gasteiger partial charge in [0.1, 0.15) is 12.4 Å². The van der Waals surface area contributed by atoms with Crippen molar-refractivity contribution in [2.45, 2.75) is 18.9 Å². The normalized spacial score (nSPS) is 20.0. The van der Waals surface area contributed by atoms with Crippen molar-refractivity contribution in [1.82, 2.24) is 10.2 Å². The van der Waals surface area contributed by atoms with Gasteiger partial charge in [-0.3, -0.25) is 10.1 Å². The molecule has 1 aromatic rings. The van der Waals surface area contributed by atoms with E-state index in [4.69, 9.17) is 22.7 Å². The second-order valence-electron chi connectivity index (χ2n) is 5.16. The summed E-state index contributed by atoms with van der Waals surface area (Å²) in [7, 11) is 0. The average Bonchev–Trinajstić information content (AvgIpc) is 2.87. The minimum Gasteiger partial charge on any atom is -0.491 e. The van der Waals surface area contributed by atoms with Gasteiger partial charge in [-0.15, -0.1) is 0 Å². The van der Waals surface area contributed by atoms with Gasteiger partial charge in [-0.1, -0.05) is 0 Å². The number of nitro groups is 1. The average molecular weight is 319 g/mol. The van der Waals surface area contributed by atoms with Gasteiger partial charge in [0.2, 0.25) is 0 Å². The number of rotatable bonds is 4. The number of ether oxygens (including phenoxy) is 1. The van der Waals surface area contributed by atoms with Crippen molar-refractivity contribution in [2.75, 3.05) is 13.2 Å². The first-order chi connectivity index (χ1) is 10.6. The van der Waals surface area contributed by atoms with E-state index < -0.39 is 4.92 Å². The number of benzene rings is 1. The Kier molecular flexibility index (Phi) is 3.95. The van der Waals surface area contributed by atoms with Crippen molar-refractivity contribution < 1.29 is 9.66 Å². The van der Waals surface area contributed by atoms with Crippen LogP contribution in [-0.4, -0.2) is 34.1 Å². The van der Waals surface area contributed by atoms with Crippen LogP contribution in [0.2, 0.25) is 0 Å². The van der Waals surface area contributed by atoms with Gasteiger partial charge < -0.3 is 15.4 Å². The summed E-state index contributed by atoms with van der Waals surface area (Å²) in [5.74, 6) is 0.688. The number of nitrogens with two attached hydrogens (primary N) is 1. The van der Waals surface area contributed by atoms with E-state index in [0.29, 0.717) is 36.9 Å². The van der Waals surface area contributed by atoms with E-state index in [0.717, 1.165) is 11.3 Å². The summed E-state index contributed by atoms with van der Waals surface area (Å²) >= 11 is 5.28. The molecule has 0 bridgehead atoms. The Hall–Kier alpha value is -2.19. The summed E-state index contributed by atoms with van der Waals surface area (Å²) in [6, 6.07) is 4.64. The van der Waals surface area contributed by atoms with Crippen molar-refractivity contribution in [3.63, 3.8) is 0 Å². The summed E-state index contributed by atoms with van der Waals surface area (Å²) in [6.07, 6.45) is 3.04. The molecule has 2 aliphatic rings. The second kappa shape index (κ2) is 5.90. The third kappa shape index (κ3) is 2.62. The quantitative estimate of drug-likeness (QED) is 0.510. The van der Waals surface area contributed by atoms with Crippen LogP contribution in [0.5, 0.6) is 5.75 Å². The smallest absolute Gasteiger partial charge is 0.269 e. The number of non-ortho nitro benzene ring substituents is 1. The van der Waals surface area contributed by atoms with Crippen LogP contribution in [0.4, 0.5) is 5.69 Å². The summed E-state index contributed by atoms with van der Waals surface area (Å²) < 4.78 is 5.73. The fourth-order valence-electron chi connectivity index (χ4n) is 2.74. The van der Waals surface area contributed by atoms with E-state index in [1.165, 1.54) is 6.07 Å². The summed E-state index contributed by atoms with van der Waals surface area (Å²) in [6.45, 7) is 0.971. The molecule has 3 rings (SSSR count).